The lowest BCUT2D eigenvalue weighted by atomic mass is 10.0. The van der Waals surface area contributed by atoms with Crippen molar-refractivity contribution in [1.29, 1.82) is 0 Å². The first-order chi connectivity index (χ1) is 27.4. The minimum atomic E-state index is -4.63. The minimum Gasteiger partial charge on any atom is -0.756 e. The second-order valence-corrected chi connectivity index (χ2v) is 17.1. The maximum atomic E-state index is 12.7. The van der Waals surface area contributed by atoms with E-state index in [2.05, 4.69) is 62.5 Å². The third kappa shape index (κ3) is 40.3. The molecule has 0 aromatic heterocycles. The second kappa shape index (κ2) is 37.9. The Hall–Kier alpha value is -2.30. The first-order valence-corrected chi connectivity index (χ1v) is 23.3. The molecule has 0 aliphatic carbocycles. The summed E-state index contributed by atoms with van der Waals surface area (Å²) < 4.78 is 34.1. The van der Waals surface area contributed by atoms with Crippen molar-refractivity contribution in [3.05, 3.63) is 73.1 Å². The number of carbonyl (C=O) groups excluding carboxylic acids is 1. The van der Waals surface area contributed by atoms with Crippen LogP contribution in [0.4, 0.5) is 0 Å². The van der Waals surface area contributed by atoms with Crippen molar-refractivity contribution in [2.75, 3.05) is 47.5 Å². The topological polar surface area (TPSA) is 135 Å². The van der Waals surface area contributed by atoms with Crippen LogP contribution in [0, 0.1) is 0 Å². The summed E-state index contributed by atoms with van der Waals surface area (Å²) in [5.74, 6) is -0.583. The molecule has 2 N–H and O–H groups in total. The first-order valence-electron chi connectivity index (χ1n) is 21.9. The minimum absolute atomic E-state index is 0.0238. The smallest absolute Gasteiger partial charge is 0.306 e. The molecule has 0 bridgehead atoms. The normalized spacial score (nSPS) is 15.5. The van der Waals surface area contributed by atoms with Gasteiger partial charge < -0.3 is 38.1 Å². The standard InChI is InChI=1S/C46H82NO9P/c1-6-8-10-12-14-16-18-20-21-22-23-25-27-29-31-33-39-53-41-43(42-55-57(51,52)54-40-38-47(3,4)5)56-46(50)37-34-36-45(49)44(48)35-32-30-28-26-24-19-17-15-13-11-9-7-2/h9,11,15,17,20-21,24,26,30,32-33,39,43-45,48-49H,6-8,10,12-14,16,18-19,22-23,25,27-29,31,34-38,40-42H2,1-5H3/b11-9-,17-15-,21-20-,26-24-,32-30-,39-33+/t43-,44-,45-/m1/s1. The fourth-order valence-electron chi connectivity index (χ4n) is 5.47. The third-order valence-corrected chi connectivity index (χ3v) is 9.97. The summed E-state index contributed by atoms with van der Waals surface area (Å²) in [5, 5.41) is 20.8. The summed E-state index contributed by atoms with van der Waals surface area (Å²) in [5.41, 5.74) is 0. The monoisotopic (exact) mass is 824 g/mol. The highest BCUT2D eigenvalue weighted by Crippen LogP contribution is 2.38. The van der Waals surface area contributed by atoms with E-state index in [4.69, 9.17) is 18.5 Å². The SMILES string of the molecule is CC/C=C\C/C=C\C/C=C\C/C=C\C[C@@H](O)[C@H](O)CCCC(=O)O[C@H](CO/C=C/CCCCCC/C=C\CCCCCCCC)COP(=O)([O-])OCC[N+](C)(C)C. The van der Waals surface area contributed by atoms with E-state index in [9.17, 15) is 24.5 Å². The highest BCUT2D eigenvalue weighted by Gasteiger charge is 2.21. The van der Waals surface area contributed by atoms with Gasteiger partial charge in [0.1, 0.15) is 19.8 Å². The van der Waals surface area contributed by atoms with E-state index in [1.54, 1.807) is 6.26 Å². The van der Waals surface area contributed by atoms with Crippen LogP contribution in [0.3, 0.4) is 0 Å². The molecule has 0 aromatic rings. The van der Waals surface area contributed by atoms with Crippen LogP contribution in [0.15, 0.2) is 73.1 Å². The van der Waals surface area contributed by atoms with Crippen LogP contribution < -0.4 is 4.89 Å². The number of esters is 1. The summed E-state index contributed by atoms with van der Waals surface area (Å²) >= 11 is 0. The summed E-state index contributed by atoms with van der Waals surface area (Å²) in [6.45, 7) is 4.24. The summed E-state index contributed by atoms with van der Waals surface area (Å²) in [4.78, 5) is 25.1. The number of hydrogen-bond donors (Lipinski definition) is 2. The number of likely N-dealkylation sites (N-methyl/N-ethyl adjacent to an activating group) is 1. The van der Waals surface area contributed by atoms with Crippen LogP contribution in [-0.2, 0) is 27.9 Å². The highest BCUT2D eigenvalue weighted by atomic mass is 31.2. The van der Waals surface area contributed by atoms with Crippen LogP contribution in [0.5, 0.6) is 0 Å². The number of phosphoric acid groups is 1. The van der Waals surface area contributed by atoms with Gasteiger partial charge in [0, 0.05) is 6.42 Å². The molecule has 11 heteroatoms. The molecule has 0 rings (SSSR count). The summed E-state index contributed by atoms with van der Waals surface area (Å²) in [7, 11) is 1.13. The zero-order chi connectivity index (χ0) is 42.3. The number of phosphoric ester groups is 1. The van der Waals surface area contributed by atoms with Crippen LogP contribution >= 0.6 is 7.82 Å². The molecular weight excluding hydrogens is 741 g/mol. The Kier molecular flexibility index (Phi) is 36.4. The fourth-order valence-corrected chi connectivity index (χ4v) is 6.20. The Morgan fingerprint density at radius 2 is 1.21 bits per heavy atom. The molecule has 0 spiro atoms. The third-order valence-electron chi connectivity index (χ3n) is 9.01. The van der Waals surface area contributed by atoms with Crippen molar-refractivity contribution in [2.45, 2.75) is 167 Å². The molecule has 1 unspecified atom stereocenters. The van der Waals surface area contributed by atoms with Crippen LogP contribution in [0.1, 0.15) is 149 Å². The Balaban J connectivity index is 4.59. The lowest BCUT2D eigenvalue weighted by Gasteiger charge is -2.28. The maximum Gasteiger partial charge on any atom is 0.306 e. The number of nitrogens with zero attached hydrogens (tertiary/aromatic N) is 1. The number of rotatable bonds is 39. The van der Waals surface area contributed by atoms with E-state index in [1.807, 2.05) is 39.4 Å². The molecule has 57 heavy (non-hydrogen) atoms. The fraction of sp³-hybridized carbons (Fsp3) is 0.717. The van der Waals surface area contributed by atoms with E-state index < -0.39 is 38.7 Å². The molecule has 0 radical (unpaired) electrons. The largest absolute Gasteiger partial charge is 0.756 e. The van der Waals surface area contributed by atoms with Crippen molar-refractivity contribution in [1.82, 2.24) is 0 Å². The molecule has 0 aliphatic rings. The van der Waals surface area contributed by atoms with Gasteiger partial charge >= 0.3 is 5.97 Å². The molecule has 0 aromatic carbocycles. The van der Waals surface area contributed by atoms with E-state index >= 15 is 0 Å². The van der Waals surface area contributed by atoms with Gasteiger partial charge in [0.15, 0.2) is 6.10 Å². The quantitative estimate of drug-likeness (QED) is 0.0155. The Morgan fingerprint density at radius 3 is 1.79 bits per heavy atom. The van der Waals surface area contributed by atoms with Gasteiger partial charge in [0.2, 0.25) is 0 Å². The number of quaternary nitrogens is 1. The molecule has 4 atom stereocenters. The van der Waals surface area contributed by atoms with E-state index in [0.717, 1.165) is 51.4 Å². The lowest BCUT2D eigenvalue weighted by molar-refractivity contribution is -0.870. The van der Waals surface area contributed by atoms with Gasteiger partial charge in [-0.1, -0.05) is 120 Å². The van der Waals surface area contributed by atoms with Crippen molar-refractivity contribution < 1.29 is 47.5 Å². The summed E-state index contributed by atoms with van der Waals surface area (Å²) in [6, 6.07) is 0. The Bertz CT molecular complexity index is 1170. The number of aliphatic hydroxyl groups excluding tert-OH is 2. The number of hydrogen-bond acceptors (Lipinski definition) is 9. The van der Waals surface area contributed by atoms with Gasteiger partial charge in [-0.3, -0.25) is 9.36 Å². The van der Waals surface area contributed by atoms with Gasteiger partial charge in [-0.05, 0) is 89.5 Å². The predicted molar refractivity (Wildman–Crippen MR) is 233 cm³/mol. The van der Waals surface area contributed by atoms with Gasteiger partial charge in [-0.15, -0.1) is 0 Å². The average Bonchev–Trinajstić information content (AvgIpc) is 3.16. The van der Waals surface area contributed by atoms with E-state index in [1.165, 1.54) is 57.8 Å². The molecule has 0 saturated heterocycles. The van der Waals surface area contributed by atoms with Gasteiger partial charge in [-0.25, -0.2) is 0 Å². The highest BCUT2D eigenvalue weighted by molar-refractivity contribution is 7.45. The number of ether oxygens (including phenoxy) is 2. The van der Waals surface area contributed by atoms with Crippen LogP contribution in [0.2, 0.25) is 0 Å². The van der Waals surface area contributed by atoms with Crippen molar-refractivity contribution in [2.24, 2.45) is 0 Å². The molecular formula is C46H82NO9P. The second-order valence-electron chi connectivity index (χ2n) is 15.7. The Morgan fingerprint density at radius 1 is 0.667 bits per heavy atom. The lowest BCUT2D eigenvalue weighted by Crippen LogP contribution is -2.37. The molecule has 0 aliphatic heterocycles. The molecule has 0 fully saturated rings. The average molecular weight is 824 g/mol. The molecule has 0 saturated carbocycles. The van der Waals surface area contributed by atoms with Gasteiger partial charge in [0.25, 0.3) is 7.82 Å². The number of unbranched alkanes of at least 4 members (excludes halogenated alkanes) is 11. The summed E-state index contributed by atoms with van der Waals surface area (Å²) in [6.07, 6.45) is 41.8. The molecule has 0 amide bonds. The number of carbonyl (C=O) groups is 1. The zero-order valence-electron chi connectivity index (χ0n) is 36.5. The van der Waals surface area contributed by atoms with Gasteiger partial charge in [-0.2, -0.15) is 0 Å². The Labute approximate surface area is 348 Å². The van der Waals surface area contributed by atoms with Crippen molar-refractivity contribution in [3.63, 3.8) is 0 Å². The molecule has 0 heterocycles. The predicted octanol–water partition coefficient (Wildman–Crippen LogP) is 10.4. The number of aliphatic hydroxyl groups is 2. The van der Waals surface area contributed by atoms with Crippen molar-refractivity contribution >= 4 is 13.8 Å². The first kappa shape index (κ1) is 54.7. The zero-order valence-corrected chi connectivity index (χ0v) is 37.4. The maximum absolute atomic E-state index is 12.7. The molecule has 330 valence electrons. The molecule has 10 nitrogen and oxygen atoms in total. The van der Waals surface area contributed by atoms with Crippen molar-refractivity contribution in [3.8, 4) is 0 Å². The van der Waals surface area contributed by atoms with E-state index in [0.29, 0.717) is 17.4 Å². The van der Waals surface area contributed by atoms with E-state index in [-0.39, 0.29) is 32.5 Å². The van der Waals surface area contributed by atoms with Gasteiger partial charge in [0.05, 0.1) is 46.2 Å². The van der Waals surface area contributed by atoms with Crippen LogP contribution in [0.25, 0.3) is 0 Å². The number of allylic oxidation sites excluding steroid dienone is 10. The van der Waals surface area contributed by atoms with Crippen LogP contribution in [-0.4, -0.2) is 86.5 Å².